The van der Waals surface area contributed by atoms with Crippen molar-refractivity contribution in [2.45, 2.75) is 27.7 Å². The van der Waals surface area contributed by atoms with Crippen LogP contribution in [0.4, 0.5) is 0 Å². The van der Waals surface area contributed by atoms with Crippen LogP contribution in [0.5, 0.6) is 17.2 Å². The van der Waals surface area contributed by atoms with Gasteiger partial charge in [0.2, 0.25) is 0 Å². The largest absolute Gasteiger partial charge is 0.507 e. The van der Waals surface area contributed by atoms with Gasteiger partial charge in [-0.1, -0.05) is 0 Å². The van der Waals surface area contributed by atoms with E-state index in [0.717, 1.165) is 20.8 Å². The van der Waals surface area contributed by atoms with Crippen LogP contribution in [0.2, 0.25) is 0 Å². The molecule has 6 heteroatoms. The van der Waals surface area contributed by atoms with Gasteiger partial charge in [-0.2, -0.15) is 0 Å². The van der Waals surface area contributed by atoms with E-state index in [0.29, 0.717) is 0 Å². The molecule has 0 saturated carbocycles. The van der Waals surface area contributed by atoms with E-state index in [1.165, 1.54) is 6.92 Å². The lowest BCUT2D eigenvalue weighted by Gasteiger charge is -2.16. The number of carbonyl (C=O) groups excluding carboxylic acids is 3. The van der Waals surface area contributed by atoms with Crippen LogP contribution < -0.4 is 4.74 Å². The van der Waals surface area contributed by atoms with E-state index in [2.05, 4.69) is 0 Å². The fourth-order valence-electron chi connectivity index (χ4n) is 1.73. The monoisotopic (exact) mass is 266 g/mol. The van der Waals surface area contributed by atoms with Crippen LogP contribution in [0.15, 0.2) is 0 Å². The molecule has 0 heterocycles. The first kappa shape index (κ1) is 14.7. The van der Waals surface area contributed by atoms with Crippen molar-refractivity contribution in [1.82, 2.24) is 0 Å². The molecule has 0 unspecified atom stereocenters. The third-order valence-corrected chi connectivity index (χ3v) is 2.59. The zero-order valence-corrected chi connectivity index (χ0v) is 11.0. The first-order valence-corrected chi connectivity index (χ1v) is 5.47. The van der Waals surface area contributed by atoms with Gasteiger partial charge < -0.3 is 14.9 Å². The molecule has 0 bridgehead atoms. The maximum absolute atomic E-state index is 11.6. The molecular weight excluding hydrogens is 252 g/mol. The van der Waals surface area contributed by atoms with Crippen LogP contribution in [-0.2, 0) is 4.79 Å². The van der Waals surface area contributed by atoms with Gasteiger partial charge in [0.1, 0.15) is 22.6 Å². The van der Waals surface area contributed by atoms with Crippen LogP contribution >= 0.6 is 0 Å². The zero-order valence-electron chi connectivity index (χ0n) is 11.0. The normalized spacial score (nSPS) is 10.1. The average Bonchev–Trinajstić information content (AvgIpc) is 2.24. The number of phenolic OH excluding ortho intramolecular Hbond substituents is 2. The van der Waals surface area contributed by atoms with E-state index in [-0.39, 0.29) is 16.7 Å². The van der Waals surface area contributed by atoms with E-state index >= 15 is 0 Å². The number of aromatic hydroxyl groups is 2. The van der Waals surface area contributed by atoms with Crippen molar-refractivity contribution in [2.24, 2.45) is 0 Å². The van der Waals surface area contributed by atoms with Crippen molar-refractivity contribution in [1.29, 1.82) is 0 Å². The summed E-state index contributed by atoms with van der Waals surface area (Å²) in [5.74, 6) is -3.36. The van der Waals surface area contributed by atoms with Crippen molar-refractivity contribution in [2.75, 3.05) is 0 Å². The second-order valence-corrected chi connectivity index (χ2v) is 4.11. The first-order valence-electron chi connectivity index (χ1n) is 5.47. The molecule has 2 N–H and O–H groups in total. The van der Waals surface area contributed by atoms with Gasteiger partial charge in [0.15, 0.2) is 17.3 Å². The van der Waals surface area contributed by atoms with Crippen LogP contribution in [0.3, 0.4) is 0 Å². The Labute approximate surface area is 109 Å². The lowest BCUT2D eigenvalue weighted by Crippen LogP contribution is -2.12. The minimum atomic E-state index is -0.771. The van der Waals surface area contributed by atoms with Crippen LogP contribution in [0.25, 0.3) is 0 Å². The number of ketones is 2. The average molecular weight is 266 g/mol. The number of Topliss-reactive ketones (excluding diaryl/α,β-unsaturated/α-hetero) is 2. The number of phenols is 2. The Morgan fingerprint density at radius 1 is 0.895 bits per heavy atom. The fourth-order valence-corrected chi connectivity index (χ4v) is 1.73. The summed E-state index contributed by atoms with van der Waals surface area (Å²) >= 11 is 0. The Balaban J connectivity index is 3.84. The summed E-state index contributed by atoms with van der Waals surface area (Å²) in [5.41, 5.74) is -0.613. The predicted molar refractivity (Wildman–Crippen MR) is 65.8 cm³/mol. The molecular formula is C13H14O6. The maximum Gasteiger partial charge on any atom is 0.308 e. The Morgan fingerprint density at radius 3 is 1.53 bits per heavy atom. The highest BCUT2D eigenvalue weighted by molar-refractivity contribution is 6.08. The number of hydrogen-bond acceptors (Lipinski definition) is 6. The van der Waals surface area contributed by atoms with Gasteiger partial charge in [0.05, 0.1) is 0 Å². The van der Waals surface area contributed by atoms with Crippen LogP contribution in [-0.4, -0.2) is 27.7 Å². The fraction of sp³-hybridized carbons (Fsp3) is 0.308. The molecule has 0 aromatic heterocycles. The molecule has 1 aromatic carbocycles. The summed E-state index contributed by atoms with van der Waals surface area (Å²) in [6.45, 7) is 4.74. The summed E-state index contributed by atoms with van der Waals surface area (Å²) in [6.07, 6.45) is 0. The van der Waals surface area contributed by atoms with E-state index in [4.69, 9.17) is 4.74 Å². The smallest absolute Gasteiger partial charge is 0.308 e. The third-order valence-electron chi connectivity index (χ3n) is 2.59. The van der Waals surface area contributed by atoms with Gasteiger partial charge in [-0.25, -0.2) is 0 Å². The number of ether oxygens (including phenoxy) is 1. The molecule has 19 heavy (non-hydrogen) atoms. The van der Waals surface area contributed by atoms with Crippen molar-refractivity contribution in [3.63, 3.8) is 0 Å². The van der Waals surface area contributed by atoms with E-state index < -0.39 is 34.8 Å². The summed E-state index contributed by atoms with van der Waals surface area (Å²) < 4.78 is 4.82. The first-order chi connectivity index (χ1) is 8.68. The quantitative estimate of drug-likeness (QED) is 0.491. The van der Waals surface area contributed by atoms with Crippen LogP contribution in [0, 0.1) is 6.92 Å². The van der Waals surface area contributed by atoms with Crippen molar-refractivity contribution >= 4 is 17.5 Å². The Morgan fingerprint density at radius 2 is 1.26 bits per heavy atom. The SMILES string of the molecule is CC(=O)Oc1c(C(C)=O)c(O)c(C)c(O)c1C(C)=O. The molecule has 0 fully saturated rings. The van der Waals surface area contributed by atoms with Crippen molar-refractivity contribution in [3.05, 3.63) is 16.7 Å². The molecule has 0 spiro atoms. The number of esters is 1. The highest BCUT2D eigenvalue weighted by atomic mass is 16.5. The highest BCUT2D eigenvalue weighted by Crippen LogP contribution is 2.42. The molecule has 6 nitrogen and oxygen atoms in total. The predicted octanol–water partition coefficient (Wildman–Crippen LogP) is 1.74. The Hall–Kier alpha value is -2.37. The van der Waals surface area contributed by atoms with Gasteiger partial charge >= 0.3 is 5.97 Å². The topological polar surface area (TPSA) is 101 Å². The zero-order chi connectivity index (χ0) is 14.9. The lowest BCUT2D eigenvalue weighted by atomic mass is 9.97. The lowest BCUT2D eigenvalue weighted by molar-refractivity contribution is -0.131. The molecule has 0 aliphatic heterocycles. The number of benzene rings is 1. The van der Waals surface area contributed by atoms with E-state index in [1.807, 2.05) is 0 Å². The van der Waals surface area contributed by atoms with Gasteiger partial charge in [-0.15, -0.1) is 0 Å². The minimum absolute atomic E-state index is 0.0219. The summed E-state index contributed by atoms with van der Waals surface area (Å²) in [4.78, 5) is 34.2. The molecule has 0 radical (unpaired) electrons. The molecule has 0 aliphatic carbocycles. The second kappa shape index (κ2) is 5.09. The molecule has 102 valence electrons. The molecule has 1 rings (SSSR count). The van der Waals surface area contributed by atoms with Crippen molar-refractivity contribution < 1.29 is 29.3 Å². The summed E-state index contributed by atoms with van der Waals surface area (Å²) in [6, 6.07) is 0. The van der Waals surface area contributed by atoms with Crippen LogP contribution in [0.1, 0.15) is 47.1 Å². The standard InChI is InChI=1S/C13H14O6/c1-5-11(17)9(6(2)14)13(19-8(4)16)10(7(3)15)12(5)18/h17-18H,1-4H3. The number of rotatable bonds is 3. The molecule has 0 atom stereocenters. The molecule has 0 amide bonds. The Bertz CT molecular complexity index is 544. The summed E-state index contributed by atoms with van der Waals surface area (Å²) in [7, 11) is 0. The van der Waals surface area contributed by atoms with E-state index in [9.17, 15) is 24.6 Å². The maximum atomic E-state index is 11.6. The van der Waals surface area contributed by atoms with E-state index in [1.54, 1.807) is 0 Å². The van der Waals surface area contributed by atoms with Gasteiger partial charge in [0, 0.05) is 12.5 Å². The Kier molecular flexibility index (Phi) is 3.94. The van der Waals surface area contributed by atoms with Gasteiger partial charge in [-0.05, 0) is 20.8 Å². The van der Waals surface area contributed by atoms with Gasteiger partial charge in [-0.3, -0.25) is 14.4 Å². The van der Waals surface area contributed by atoms with Crippen molar-refractivity contribution in [3.8, 4) is 17.2 Å². The summed E-state index contributed by atoms with van der Waals surface area (Å²) in [5, 5.41) is 19.7. The molecule has 1 aromatic rings. The highest BCUT2D eigenvalue weighted by Gasteiger charge is 2.28. The molecule has 0 saturated heterocycles. The van der Waals surface area contributed by atoms with Gasteiger partial charge in [0.25, 0.3) is 0 Å². The number of hydrogen-bond donors (Lipinski definition) is 2. The second-order valence-electron chi connectivity index (χ2n) is 4.11. The number of carbonyl (C=O) groups is 3. The minimum Gasteiger partial charge on any atom is -0.507 e. The third kappa shape index (κ3) is 2.57. The molecule has 0 aliphatic rings.